The predicted octanol–water partition coefficient (Wildman–Crippen LogP) is 4.64. The summed E-state index contributed by atoms with van der Waals surface area (Å²) in [6, 6.07) is 11.8. The van der Waals surface area contributed by atoms with Crippen LogP contribution in [0.5, 0.6) is 0 Å². The first kappa shape index (κ1) is 14.0. The highest BCUT2D eigenvalue weighted by Gasteiger charge is 2.19. The van der Waals surface area contributed by atoms with Crippen LogP contribution in [0.1, 0.15) is 26.6 Å². The van der Waals surface area contributed by atoms with E-state index in [1.54, 1.807) is 12.3 Å². The zero-order valence-corrected chi connectivity index (χ0v) is 13.0. The molecule has 0 unspecified atom stereocenters. The van der Waals surface area contributed by atoms with Gasteiger partial charge in [-0.15, -0.1) is 0 Å². The molecule has 21 heavy (non-hydrogen) atoms. The average Bonchev–Trinajstić information content (AvgIpc) is 2.45. The van der Waals surface area contributed by atoms with E-state index in [-0.39, 0.29) is 5.41 Å². The molecule has 0 saturated heterocycles. The largest absolute Gasteiger partial charge is 0.256 e. The molecule has 2 heterocycles. The van der Waals surface area contributed by atoms with Crippen LogP contribution in [0.3, 0.4) is 0 Å². The molecule has 106 valence electrons. The summed E-state index contributed by atoms with van der Waals surface area (Å²) < 4.78 is 0. The summed E-state index contributed by atoms with van der Waals surface area (Å²) in [6.45, 7) is 6.23. The Labute approximate surface area is 129 Å². The number of benzene rings is 1. The molecule has 0 fully saturated rings. The van der Waals surface area contributed by atoms with E-state index in [1.165, 1.54) is 0 Å². The SMILES string of the molecule is CC(C)(C)c1nc(Cl)cc(-c2cccc3ncccc23)n1. The molecule has 0 atom stereocenters. The summed E-state index contributed by atoms with van der Waals surface area (Å²) in [4.78, 5) is 13.4. The van der Waals surface area contributed by atoms with E-state index in [2.05, 4.69) is 30.7 Å². The van der Waals surface area contributed by atoms with Crippen molar-refractivity contribution < 1.29 is 0 Å². The maximum atomic E-state index is 6.19. The van der Waals surface area contributed by atoms with Crippen LogP contribution in [0, 0.1) is 0 Å². The predicted molar refractivity (Wildman–Crippen MR) is 86.5 cm³/mol. The highest BCUT2D eigenvalue weighted by atomic mass is 35.5. The molecule has 3 nitrogen and oxygen atoms in total. The molecule has 4 heteroatoms. The fourth-order valence-corrected chi connectivity index (χ4v) is 2.40. The highest BCUT2D eigenvalue weighted by molar-refractivity contribution is 6.29. The monoisotopic (exact) mass is 297 g/mol. The molecule has 0 aliphatic carbocycles. The number of fused-ring (bicyclic) bond motifs is 1. The quantitative estimate of drug-likeness (QED) is 0.614. The Morgan fingerprint density at radius 1 is 1.00 bits per heavy atom. The molecule has 0 radical (unpaired) electrons. The van der Waals surface area contributed by atoms with Crippen molar-refractivity contribution in [1.29, 1.82) is 0 Å². The van der Waals surface area contributed by atoms with Gasteiger partial charge in [0, 0.05) is 28.6 Å². The summed E-state index contributed by atoms with van der Waals surface area (Å²) in [7, 11) is 0. The molecule has 0 aliphatic rings. The minimum atomic E-state index is -0.150. The molecule has 3 rings (SSSR count). The van der Waals surface area contributed by atoms with Crippen molar-refractivity contribution in [2.24, 2.45) is 0 Å². The Bertz CT molecular complexity index is 801. The summed E-state index contributed by atoms with van der Waals surface area (Å²) in [6.07, 6.45) is 1.79. The Hall–Kier alpha value is -2.00. The second kappa shape index (κ2) is 5.08. The van der Waals surface area contributed by atoms with Gasteiger partial charge in [-0.25, -0.2) is 9.97 Å². The van der Waals surface area contributed by atoms with Crippen LogP contribution in [0.15, 0.2) is 42.6 Å². The van der Waals surface area contributed by atoms with Gasteiger partial charge in [0.1, 0.15) is 11.0 Å². The second-order valence-electron chi connectivity index (χ2n) is 6.03. The van der Waals surface area contributed by atoms with Crippen LogP contribution in [0.4, 0.5) is 0 Å². The highest BCUT2D eigenvalue weighted by Crippen LogP contribution is 2.29. The summed E-state index contributed by atoms with van der Waals surface area (Å²) in [5.41, 5.74) is 2.65. The van der Waals surface area contributed by atoms with Crippen molar-refractivity contribution in [3.63, 3.8) is 0 Å². The van der Waals surface area contributed by atoms with Crippen molar-refractivity contribution in [1.82, 2.24) is 15.0 Å². The van der Waals surface area contributed by atoms with Gasteiger partial charge in [0.25, 0.3) is 0 Å². The topological polar surface area (TPSA) is 38.7 Å². The first-order valence-electron chi connectivity index (χ1n) is 6.84. The van der Waals surface area contributed by atoms with Crippen LogP contribution in [-0.4, -0.2) is 15.0 Å². The van der Waals surface area contributed by atoms with E-state index in [4.69, 9.17) is 16.6 Å². The van der Waals surface area contributed by atoms with Crippen molar-refractivity contribution >= 4 is 22.5 Å². The van der Waals surface area contributed by atoms with Crippen molar-refractivity contribution in [2.75, 3.05) is 0 Å². The van der Waals surface area contributed by atoms with Gasteiger partial charge in [-0.2, -0.15) is 0 Å². The third-order valence-corrected chi connectivity index (χ3v) is 3.48. The van der Waals surface area contributed by atoms with Crippen LogP contribution in [-0.2, 0) is 5.41 Å². The van der Waals surface area contributed by atoms with Gasteiger partial charge in [-0.3, -0.25) is 4.98 Å². The first-order valence-corrected chi connectivity index (χ1v) is 7.22. The number of aromatic nitrogens is 3. The van der Waals surface area contributed by atoms with Crippen LogP contribution < -0.4 is 0 Å². The number of pyridine rings is 1. The minimum absolute atomic E-state index is 0.150. The molecule has 0 aliphatic heterocycles. The number of halogens is 1. The van der Waals surface area contributed by atoms with Crippen LogP contribution in [0.2, 0.25) is 5.15 Å². The Morgan fingerprint density at radius 3 is 2.57 bits per heavy atom. The van der Waals surface area contributed by atoms with E-state index < -0.39 is 0 Å². The van der Waals surface area contributed by atoms with E-state index in [0.717, 1.165) is 28.0 Å². The van der Waals surface area contributed by atoms with Gasteiger partial charge in [0.2, 0.25) is 0 Å². The smallest absolute Gasteiger partial charge is 0.136 e. The zero-order valence-electron chi connectivity index (χ0n) is 12.3. The lowest BCUT2D eigenvalue weighted by Gasteiger charge is -2.17. The number of nitrogens with zero attached hydrogens (tertiary/aromatic N) is 3. The summed E-state index contributed by atoms with van der Waals surface area (Å²) >= 11 is 6.19. The minimum Gasteiger partial charge on any atom is -0.256 e. The lowest BCUT2D eigenvalue weighted by molar-refractivity contribution is 0.546. The molecule has 0 bridgehead atoms. The third-order valence-electron chi connectivity index (χ3n) is 3.29. The standard InChI is InChI=1S/C17H16ClN3/c1-17(2,3)16-20-14(10-15(18)21-16)12-6-4-8-13-11(12)7-5-9-19-13/h4-10H,1-3H3. The average molecular weight is 298 g/mol. The first-order chi connectivity index (χ1) is 9.95. The molecule has 0 spiro atoms. The lowest BCUT2D eigenvalue weighted by atomic mass is 9.95. The van der Waals surface area contributed by atoms with Gasteiger partial charge in [0.15, 0.2) is 0 Å². The Kier molecular flexibility index (Phi) is 3.38. The maximum absolute atomic E-state index is 6.19. The summed E-state index contributed by atoms with van der Waals surface area (Å²) in [5.74, 6) is 0.742. The van der Waals surface area contributed by atoms with Gasteiger partial charge < -0.3 is 0 Å². The fourth-order valence-electron chi connectivity index (χ4n) is 2.22. The molecule has 3 aromatic rings. The molecule has 1 aromatic carbocycles. The van der Waals surface area contributed by atoms with Gasteiger partial charge >= 0.3 is 0 Å². The maximum Gasteiger partial charge on any atom is 0.136 e. The van der Waals surface area contributed by atoms with Crippen molar-refractivity contribution in [2.45, 2.75) is 26.2 Å². The van der Waals surface area contributed by atoms with Gasteiger partial charge in [-0.05, 0) is 12.1 Å². The molecular formula is C17H16ClN3. The fraction of sp³-hybridized carbons (Fsp3) is 0.235. The van der Waals surface area contributed by atoms with Crippen LogP contribution >= 0.6 is 11.6 Å². The number of hydrogen-bond donors (Lipinski definition) is 0. The van der Waals surface area contributed by atoms with E-state index >= 15 is 0 Å². The zero-order chi connectivity index (χ0) is 15.0. The van der Waals surface area contributed by atoms with Gasteiger partial charge in [0.05, 0.1) is 11.2 Å². The van der Waals surface area contributed by atoms with E-state index in [1.807, 2.05) is 30.3 Å². The summed E-state index contributed by atoms with van der Waals surface area (Å²) in [5, 5.41) is 1.53. The van der Waals surface area contributed by atoms with Crippen LogP contribution in [0.25, 0.3) is 22.2 Å². The molecule has 0 N–H and O–H groups in total. The van der Waals surface area contributed by atoms with E-state index in [9.17, 15) is 0 Å². The van der Waals surface area contributed by atoms with Crippen molar-refractivity contribution in [3.05, 3.63) is 53.6 Å². The second-order valence-corrected chi connectivity index (χ2v) is 6.41. The molecular weight excluding hydrogens is 282 g/mol. The molecule has 2 aromatic heterocycles. The number of rotatable bonds is 1. The van der Waals surface area contributed by atoms with E-state index in [0.29, 0.717) is 5.15 Å². The molecule has 0 saturated carbocycles. The molecule has 0 amide bonds. The lowest BCUT2D eigenvalue weighted by Crippen LogP contribution is -2.16. The van der Waals surface area contributed by atoms with Gasteiger partial charge in [-0.1, -0.05) is 50.6 Å². The normalized spacial score (nSPS) is 11.8. The number of hydrogen-bond acceptors (Lipinski definition) is 3. The Morgan fingerprint density at radius 2 is 1.81 bits per heavy atom. The Balaban J connectivity index is 2.26. The van der Waals surface area contributed by atoms with Crippen molar-refractivity contribution in [3.8, 4) is 11.3 Å². The third kappa shape index (κ3) is 2.74.